The molecule has 4 atom stereocenters. The highest BCUT2D eigenvalue weighted by atomic mass is 16.7. The molecule has 0 N–H and O–H groups in total. The zero-order valence-corrected chi connectivity index (χ0v) is 20.3. The fraction of sp³-hybridized carbons (Fsp3) is 1.00. The van der Waals surface area contributed by atoms with Gasteiger partial charge in [0, 0.05) is 40.0 Å². The zero-order valence-electron chi connectivity index (χ0n) is 20.3. The van der Waals surface area contributed by atoms with Gasteiger partial charge in [0.25, 0.3) is 0 Å². The summed E-state index contributed by atoms with van der Waals surface area (Å²) in [6, 6.07) is 0. The van der Waals surface area contributed by atoms with Gasteiger partial charge in [0.05, 0.1) is 18.8 Å². The van der Waals surface area contributed by atoms with E-state index in [-0.39, 0.29) is 5.60 Å². The average Bonchev–Trinajstić information content (AvgIpc) is 2.71. The normalized spacial score (nSPS) is 37.1. The molecule has 0 amide bonds. The molecule has 2 saturated carbocycles. The Bertz CT molecular complexity index is 521. The summed E-state index contributed by atoms with van der Waals surface area (Å²) in [5.41, 5.74) is 0.623. The molecular weight excluding hydrogens is 378 g/mol. The molecule has 2 aliphatic carbocycles. The van der Waals surface area contributed by atoms with Crippen LogP contribution in [-0.4, -0.2) is 70.5 Å². The second kappa shape index (κ2) is 10.6. The van der Waals surface area contributed by atoms with Crippen LogP contribution in [0.25, 0.3) is 0 Å². The summed E-state index contributed by atoms with van der Waals surface area (Å²) in [4.78, 5) is 2.49. The molecule has 1 saturated heterocycles. The van der Waals surface area contributed by atoms with E-state index < -0.39 is 0 Å². The summed E-state index contributed by atoms with van der Waals surface area (Å²) in [6.45, 7) is 16.9. The van der Waals surface area contributed by atoms with Gasteiger partial charge in [0.15, 0.2) is 0 Å². The monoisotopic (exact) mass is 425 g/mol. The van der Waals surface area contributed by atoms with Crippen LogP contribution in [-0.2, 0) is 18.9 Å². The Morgan fingerprint density at radius 1 is 1.00 bits per heavy atom. The van der Waals surface area contributed by atoms with Gasteiger partial charge in [-0.15, -0.1) is 0 Å². The SMILES string of the molecule is COCO[C@]1(C)CC[C@H]2C(C)(C)CCC[C@]2(C)[C@H]1CCOCCCN1CCOCC1. The van der Waals surface area contributed by atoms with Gasteiger partial charge in [0.1, 0.15) is 6.79 Å². The first-order chi connectivity index (χ1) is 14.3. The van der Waals surface area contributed by atoms with Gasteiger partial charge in [-0.05, 0) is 68.1 Å². The molecule has 30 heavy (non-hydrogen) atoms. The van der Waals surface area contributed by atoms with Crippen molar-refractivity contribution in [3.8, 4) is 0 Å². The number of hydrogen-bond acceptors (Lipinski definition) is 5. The van der Waals surface area contributed by atoms with E-state index in [1.807, 2.05) is 0 Å². The summed E-state index contributed by atoms with van der Waals surface area (Å²) in [5.74, 6) is 1.28. The van der Waals surface area contributed by atoms with Gasteiger partial charge in [-0.3, -0.25) is 4.90 Å². The largest absolute Gasteiger partial charge is 0.381 e. The van der Waals surface area contributed by atoms with Crippen molar-refractivity contribution in [2.75, 3.05) is 60.0 Å². The number of methoxy groups -OCH3 is 1. The number of morpholine rings is 1. The molecule has 1 aliphatic heterocycles. The third kappa shape index (κ3) is 5.58. The van der Waals surface area contributed by atoms with Crippen molar-refractivity contribution in [3.05, 3.63) is 0 Å². The van der Waals surface area contributed by atoms with E-state index in [1.165, 1.54) is 25.7 Å². The smallest absolute Gasteiger partial charge is 0.147 e. The standard InChI is InChI=1S/C25H47NO4/c1-23(2)10-6-11-24(3)21(23)8-12-25(4,30-20-27-5)22(24)9-17-28-16-7-13-26-14-18-29-19-15-26/h21-22H,6-20H2,1-5H3/t21-,22+,24-,25+/m0/s1. The fourth-order valence-corrected chi connectivity index (χ4v) is 7.13. The highest BCUT2D eigenvalue weighted by Crippen LogP contribution is 2.63. The van der Waals surface area contributed by atoms with Crippen LogP contribution in [0.2, 0.25) is 0 Å². The first-order valence-corrected chi connectivity index (χ1v) is 12.3. The van der Waals surface area contributed by atoms with E-state index in [0.717, 1.165) is 71.2 Å². The zero-order chi connectivity index (χ0) is 21.7. The molecule has 3 aliphatic rings. The van der Waals surface area contributed by atoms with Crippen LogP contribution in [0, 0.1) is 22.7 Å². The Labute approximate surface area is 185 Å². The quantitative estimate of drug-likeness (QED) is 0.374. The third-order valence-electron chi connectivity index (χ3n) is 8.66. The lowest BCUT2D eigenvalue weighted by atomic mass is 9.45. The minimum atomic E-state index is -0.119. The van der Waals surface area contributed by atoms with Gasteiger partial charge < -0.3 is 18.9 Å². The maximum absolute atomic E-state index is 6.38. The van der Waals surface area contributed by atoms with Crippen LogP contribution in [0.15, 0.2) is 0 Å². The Kier molecular flexibility index (Phi) is 8.65. The lowest BCUT2D eigenvalue weighted by Gasteiger charge is -2.62. The van der Waals surface area contributed by atoms with Crippen LogP contribution in [0.5, 0.6) is 0 Å². The van der Waals surface area contributed by atoms with E-state index in [9.17, 15) is 0 Å². The third-order valence-corrected chi connectivity index (χ3v) is 8.66. The lowest BCUT2D eigenvalue weighted by Crippen LogP contribution is -2.58. The molecule has 3 fully saturated rings. The second-order valence-corrected chi connectivity index (χ2v) is 11.1. The van der Waals surface area contributed by atoms with Crippen LogP contribution in [0.1, 0.15) is 72.6 Å². The topological polar surface area (TPSA) is 40.2 Å². The summed E-state index contributed by atoms with van der Waals surface area (Å²) in [7, 11) is 1.73. The molecule has 0 aromatic carbocycles. The van der Waals surface area contributed by atoms with Crippen molar-refractivity contribution < 1.29 is 18.9 Å². The van der Waals surface area contributed by atoms with Crippen LogP contribution in [0.4, 0.5) is 0 Å². The van der Waals surface area contributed by atoms with E-state index in [0.29, 0.717) is 23.5 Å². The van der Waals surface area contributed by atoms with Crippen molar-refractivity contribution in [1.29, 1.82) is 0 Å². The van der Waals surface area contributed by atoms with Gasteiger partial charge in [-0.1, -0.05) is 27.2 Å². The van der Waals surface area contributed by atoms with Crippen LogP contribution in [0.3, 0.4) is 0 Å². The van der Waals surface area contributed by atoms with Gasteiger partial charge >= 0.3 is 0 Å². The molecule has 3 rings (SSSR count). The highest BCUT2D eigenvalue weighted by molar-refractivity contribution is 5.07. The predicted octanol–water partition coefficient (Wildman–Crippen LogP) is 4.74. The van der Waals surface area contributed by atoms with Crippen molar-refractivity contribution in [1.82, 2.24) is 4.90 Å². The molecule has 176 valence electrons. The molecular formula is C25H47NO4. The van der Waals surface area contributed by atoms with Crippen molar-refractivity contribution in [2.24, 2.45) is 22.7 Å². The molecule has 5 nitrogen and oxygen atoms in total. The predicted molar refractivity (Wildman–Crippen MR) is 121 cm³/mol. The van der Waals surface area contributed by atoms with Crippen molar-refractivity contribution in [3.63, 3.8) is 0 Å². The van der Waals surface area contributed by atoms with E-state index in [2.05, 4.69) is 32.6 Å². The van der Waals surface area contributed by atoms with E-state index >= 15 is 0 Å². The molecule has 0 spiro atoms. The molecule has 0 aromatic heterocycles. The molecule has 0 bridgehead atoms. The Hall–Kier alpha value is -0.200. The van der Waals surface area contributed by atoms with Crippen molar-refractivity contribution in [2.45, 2.75) is 78.2 Å². The molecule has 1 heterocycles. The maximum atomic E-state index is 6.38. The van der Waals surface area contributed by atoms with Crippen molar-refractivity contribution >= 4 is 0 Å². The summed E-state index contributed by atoms with van der Waals surface area (Å²) in [5, 5.41) is 0. The minimum Gasteiger partial charge on any atom is -0.381 e. The summed E-state index contributed by atoms with van der Waals surface area (Å²) in [6.07, 6.45) is 8.58. The highest BCUT2D eigenvalue weighted by Gasteiger charge is 2.58. The second-order valence-electron chi connectivity index (χ2n) is 11.1. The molecule has 0 unspecified atom stereocenters. The number of fused-ring (bicyclic) bond motifs is 1. The average molecular weight is 426 g/mol. The molecule has 5 heteroatoms. The fourth-order valence-electron chi connectivity index (χ4n) is 7.13. The first kappa shape index (κ1) is 24.4. The Balaban J connectivity index is 1.56. The van der Waals surface area contributed by atoms with Crippen LogP contribution < -0.4 is 0 Å². The number of hydrogen-bond donors (Lipinski definition) is 0. The number of ether oxygens (including phenoxy) is 4. The molecule has 0 aromatic rings. The number of rotatable bonds is 10. The summed E-state index contributed by atoms with van der Waals surface area (Å²) >= 11 is 0. The van der Waals surface area contributed by atoms with Gasteiger partial charge in [-0.2, -0.15) is 0 Å². The van der Waals surface area contributed by atoms with Gasteiger partial charge in [0.2, 0.25) is 0 Å². The molecule has 0 radical (unpaired) electrons. The van der Waals surface area contributed by atoms with E-state index in [4.69, 9.17) is 18.9 Å². The number of nitrogens with zero attached hydrogens (tertiary/aromatic N) is 1. The maximum Gasteiger partial charge on any atom is 0.147 e. The van der Waals surface area contributed by atoms with E-state index in [1.54, 1.807) is 7.11 Å². The van der Waals surface area contributed by atoms with Crippen LogP contribution >= 0.6 is 0 Å². The van der Waals surface area contributed by atoms with Gasteiger partial charge in [-0.25, -0.2) is 0 Å². The lowest BCUT2D eigenvalue weighted by molar-refractivity contribution is -0.223. The minimum absolute atomic E-state index is 0.119. The first-order valence-electron chi connectivity index (χ1n) is 12.3. The Morgan fingerprint density at radius 3 is 2.50 bits per heavy atom. The summed E-state index contributed by atoms with van der Waals surface area (Å²) < 4.78 is 23.3. The Morgan fingerprint density at radius 2 is 1.77 bits per heavy atom.